The van der Waals surface area contributed by atoms with Crippen LogP contribution in [-0.2, 0) is 9.59 Å². The molecule has 0 aromatic rings. The fourth-order valence-electron chi connectivity index (χ4n) is 1.53. The van der Waals surface area contributed by atoms with Gasteiger partial charge in [0.2, 0.25) is 11.8 Å². The number of piperazine rings is 1. The molecule has 0 aromatic heterocycles. The van der Waals surface area contributed by atoms with Crippen molar-refractivity contribution in [3.05, 3.63) is 0 Å². The first-order valence-electron chi connectivity index (χ1n) is 5.03. The van der Waals surface area contributed by atoms with Gasteiger partial charge in [-0.25, -0.2) is 0 Å². The fraction of sp³-hybridized carbons (Fsp3) is 0.700. The number of hydrogen-bond acceptors (Lipinski definition) is 3. The van der Waals surface area contributed by atoms with Gasteiger partial charge in [0.25, 0.3) is 0 Å². The Morgan fingerprint density at radius 3 is 2.40 bits per heavy atom. The van der Waals surface area contributed by atoms with Gasteiger partial charge < -0.3 is 9.80 Å². The number of hydrogen-bond donors (Lipinski definition) is 0. The fourth-order valence-corrected chi connectivity index (χ4v) is 1.53. The van der Waals surface area contributed by atoms with Crippen LogP contribution in [0.5, 0.6) is 0 Å². The summed E-state index contributed by atoms with van der Waals surface area (Å²) in [5.41, 5.74) is 0. The molecule has 1 heterocycles. The van der Waals surface area contributed by atoms with Crippen molar-refractivity contribution in [2.75, 3.05) is 26.2 Å². The van der Waals surface area contributed by atoms with Gasteiger partial charge in [-0.15, -0.1) is 0 Å². The van der Waals surface area contributed by atoms with E-state index in [1.54, 1.807) is 6.92 Å². The molecule has 0 aliphatic carbocycles. The average molecular weight is 209 g/mol. The quantitative estimate of drug-likeness (QED) is 0.648. The summed E-state index contributed by atoms with van der Waals surface area (Å²) in [5.74, 6) is -0.337. The van der Waals surface area contributed by atoms with Gasteiger partial charge in [0, 0.05) is 13.1 Å². The van der Waals surface area contributed by atoms with E-state index in [-0.39, 0.29) is 30.8 Å². The topological polar surface area (TPSA) is 64.4 Å². The van der Waals surface area contributed by atoms with Crippen LogP contribution in [0.1, 0.15) is 13.8 Å². The maximum absolute atomic E-state index is 11.6. The van der Waals surface area contributed by atoms with Crippen LogP contribution in [0.2, 0.25) is 0 Å². The van der Waals surface area contributed by atoms with Gasteiger partial charge in [0.1, 0.15) is 0 Å². The predicted octanol–water partition coefficient (Wildman–Crippen LogP) is -0.163. The molecular weight excluding hydrogens is 194 g/mol. The Kier molecular flexibility index (Phi) is 3.67. The molecule has 1 atom stereocenters. The van der Waals surface area contributed by atoms with Crippen molar-refractivity contribution in [1.29, 1.82) is 5.26 Å². The van der Waals surface area contributed by atoms with E-state index in [1.807, 2.05) is 6.92 Å². The van der Waals surface area contributed by atoms with Crippen LogP contribution in [0.15, 0.2) is 0 Å². The molecular formula is C10H15N3O2. The molecule has 0 aromatic carbocycles. The summed E-state index contributed by atoms with van der Waals surface area (Å²) in [7, 11) is 0. The maximum Gasteiger partial charge on any atom is 0.242 e. The first-order chi connectivity index (χ1) is 7.08. The second-order valence-electron chi connectivity index (χ2n) is 3.71. The van der Waals surface area contributed by atoms with E-state index in [0.717, 1.165) is 0 Å². The number of carbonyl (C=O) groups excluding carboxylic acids is 2. The lowest BCUT2D eigenvalue weighted by molar-refractivity contribution is -0.150. The third kappa shape index (κ3) is 2.69. The number of nitriles is 1. The van der Waals surface area contributed by atoms with E-state index in [2.05, 4.69) is 6.07 Å². The minimum atomic E-state index is -0.227. The van der Waals surface area contributed by atoms with Crippen molar-refractivity contribution >= 4 is 11.8 Å². The molecule has 0 N–H and O–H groups in total. The summed E-state index contributed by atoms with van der Waals surface area (Å²) in [6.07, 6.45) is 0. The average Bonchev–Trinajstić information content (AvgIpc) is 2.22. The van der Waals surface area contributed by atoms with E-state index in [1.165, 1.54) is 9.80 Å². The monoisotopic (exact) mass is 209 g/mol. The summed E-state index contributed by atoms with van der Waals surface area (Å²) in [6.45, 7) is 4.75. The zero-order valence-corrected chi connectivity index (χ0v) is 9.06. The number of likely N-dealkylation sites (N-methyl/N-ethyl adjacent to an activating group) is 1. The first-order valence-corrected chi connectivity index (χ1v) is 5.03. The SMILES string of the molecule is CCN1CC(=O)N(CC(C)C#N)CC1=O. The minimum absolute atomic E-state index is 0.0396. The van der Waals surface area contributed by atoms with Gasteiger partial charge in [-0.3, -0.25) is 9.59 Å². The standard InChI is InChI=1S/C10H15N3O2/c1-3-12-6-10(15)13(7-9(12)14)5-8(2)4-11/h8H,3,5-7H2,1-2H3. The molecule has 0 radical (unpaired) electrons. The van der Waals surface area contributed by atoms with Crippen molar-refractivity contribution < 1.29 is 9.59 Å². The summed E-state index contributed by atoms with van der Waals surface area (Å²) in [5, 5.41) is 8.63. The van der Waals surface area contributed by atoms with Crippen LogP contribution in [0.3, 0.4) is 0 Å². The third-order valence-corrected chi connectivity index (χ3v) is 2.45. The Labute approximate surface area is 89.3 Å². The van der Waals surface area contributed by atoms with Gasteiger partial charge in [-0.2, -0.15) is 5.26 Å². The Morgan fingerprint density at radius 1 is 1.33 bits per heavy atom. The molecule has 2 amide bonds. The van der Waals surface area contributed by atoms with E-state index in [0.29, 0.717) is 13.1 Å². The highest BCUT2D eigenvalue weighted by atomic mass is 16.2. The number of nitrogens with zero attached hydrogens (tertiary/aromatic N) is 3. The van der Waals surface area contributed by atoms with Gasteiger partial charge in [-0.05, 0) is 13.8 Å². The Balaban J connectivity index is 2.60. The van der Waals surface area contributed by atoms with Gasteiger partial charge >= 0.3 is 0 Å². The van der Waals surface area contributed by atoms with E-state index < -0.39 is 0 Å². The maximum atomic E-state index is 11.6. The lowest BCUT2D eigenvalue weighted by atomic mass is 10.1. The highest BCUT2D eigenvalue weighted by Gasteiger charge is 2.29. The lowest BCUT2D eigenvalue weighted by Gasteiger charge is -2.33. The first kappa shape index (κ1) is 11.5. The van der Waals surface area contributed by atoms with Crippen molar-refractivity contribution in [1.82, 2.24) is 9.80 Å². The zero-order valence-electron chi connectivity index (χ0n) is 9.06. The van der Waals surface area contributed by atoms with Crippen LogP contribution < -0.4 is 0 Å². The smallest absolute Gasteiger partial charge is 0.242 e. The van der Waals surface area contributed by atoms with Crippen LogP contribution in [0.4, 0.5) is 0 Å². The number of amides is 2. The summed E-state index contributed by atoms with van der Waals surface area (Å²) < 4.78 is 0. The van der Waals surface area contributed by atoms with Crippen LogP contribution in [-0.4, -0.2) is 47.8 Å². The molecule has 5 nitrogen and oxygen atoms in total. The second kappa shape index (κ2) is 4.78. The van der Waals surface area contributed by atoms with Crippen molar-refractivity contribution in [2.45, 2.75) is 13.8 Å². The molecule has 1 unspecified atom stereocenters. The second-order valence-corrected chi connectivity index (χ2v) is 3.71. The molecule has 0 bridgehead atoms. The molecule has 1 aliphatic rings. The van der Waals surface area contributed by atoms with Crippen LogP contribution in [0.25, 0.3) is 0 Å². The highest BCUT2D eigenvalue weighted by molar-refractivity contribution is 5.92. The van der Waals surface area contributed by atoms with Gasteiger partial charge in [-0.1, -0.05) is 0 Å². The van der Waals surface area contributed by atoms with Crippen molar-refractivity contribution in [2.24, 2.45) is 5.92 Å². The number of rotatable bonds is 3. The van der Waals surface area contributed by atoms with Crippen molar-refractivity contribution in [3.63, 3.8) is 0 Å². The molecule has 0 saturated carbocycles. The molecule has 0 spiro atoms. The summed E-state index contributed by atoms with van der Waals surface area (Å²) in [6, 6.07) is 2.05. The van der Waals surface area contributed by atoms with Crippen LogP contribution >= 0.6 is 0 Å². The van der Waals surface area contributed by atoms with Crippen LogP contribution in [0, 0.1) is 17.2 Å². The minimum Gasteiger partial charge on any atom is -0.332 e. The third-order valence-electron chi connectivity index (χ3n) is 2.45. The zero-order chi connectivity index (χ0) is 11.4. The molecule has 82 valence electrons. The molecule has 15 heavy (non-hydrogen) atoms. The van der Waals surface area contributed by atoms with E-state index in [4.69, 9.17) is 5.26 Å². The molecule has 5 heteroatoms. The summed E-state index contributed by atoms with van der Waals surface area (Å²) in [4.78, 5) is 26.1. The molecule has 1 saturated heterocycles. The van der Waals surface area contributed by atoms with E-state index >= 15 is 0 Å². The van der Waals surface area contributed by atoms with Crippen molar-refractivity contribution in [3.8, 4) is 6.07 Å². The Morgan fingerprint density at radius 2 is 1.87 bits per heavy atom. The number of carbonyl (C=O) groups is 2. The van der Waals surface area contributed by atoms with Gasteiger partial charge in [0.15, 0.2) is 0 Å². The molecule has 1 rings (SSSR count). The normalized spacial score (nSPS) is 19.0. The predicted molar refractivity (Wildman–Crippen MR) is 53.6 cm³/mol. The summed E-state index contributed by atoms with van der Waals surface area (Å²) >= 11 is 0. The van der Waals surface area contributed by atoms with Gasteiger partial charge in [0.05, 0.1) is 25.1 Å². The van der Waals surface area contributed by atoms with E-state index in [9.17, 15) is 9.59 Å². The molecule has 1 aliphatic heterocycles. The largest absolute Gasteiger partial charge is 0.332 e. The Bertz CT molecular complexity index is 308. The highest BCUT2D eigenvalue weighted by Crippen LogP contribution is 2.07. The lowest BCUT2D eigenvalue weighted by Crippen LogP contribution is -2.54. The molecule has 1 fully saturated rings. The Hall–Kier alpha value is -1.57.